The molecule has 1 aromatic heterocycles. The first kappa shape index (κ1) is 18.3. The number of carbonyl (C=O) groups is 1. The number of methoxy groups -OCH3 is 1. The highest BCUT2D eigenvalue weighted by molar-refractivity contribution is 7.22. The number of thiophene rings is 1. The molecule has 1 N–H and O–H groups in total. The minimum Gasteiger partial charge on any atom is -0.497 e. The fourth-order valence-electron chi connectivity index (χ4n) is 2.48. The molecule has 0 fully saturated rings. The molecule has 0 radical (unpaired) electrons. The van der Waals surface area contributed by atoms with E-state index in [1.807, 2.05) is 31.2 Å². The number of nitrogens with one attached hydrogen (secondary N) is 1. The predicted molar refractivity (Wildman–Crippen MR) is 106 cm³/mol. The van der Waals surface area contributed by atoms with E-state index >= 15 is 0 Å². The highest BCUT2D eigenvalue weighted by Crippen LogP contribution is 2.42. The number of halogens is 3. The second-order valence-corrected chi connectivity index (χ2v) is 7.64. The summed E-state index contributed by atoms with van der Waals surface area (Å²) in [6, 6.07) is 10.8. The SMILES string of the molecule is COc1cccc([C@H](C)NC(=O)c2sc3c(Cl)c(Cl)ccc3c2Cl)c1. The van der Waals surface area contributed by atoms with Crippen molar-refractivity contribution in [1.29, 1.82) is 0 Å². The number of ether oxygens (including phenoxy) is 1. The Hall–Kier alpha value is -1.46. The normalized spacial score (nSPS) is 12.2. The van der Waals surface area contributed by atoms with Gasteiger partial charge < -0.3 is 10.1 Å². The van der Waals surface area contributed by atoms with E-state index in [0.717, 1.165) is 16.7 Å². The van der Waals surface area contributed by atoms with E-state index in [9.17, 15) is 4.79 Å². The summed E-state index contributed by atoms with van der Waals surface area (Å²) >= 11 is 19.9. The van der Waals surface area contributed by atoms with Crippen molar-refractivity contribution in [2.45, 2.75) is 13.0 Å². The van der Waals surface area contributed by atoms with Gasteiger partial charge in [0.05, 0.1) is 32.9 Å². The summed E-state index contributed by atoms with van der Waals surface area (Å²) in [6.07, 6.45) is 0. The van der Waals surface area contributed by atoms with Crippen molar-refractivity contribution < 1.29 is 9.53 Å². The van der Waals surface area contributed by atoms with Crippen LogP contribution in [0.25, 0.3) is 10.1 Å². The molecule has 2 aromatic carbocycles. The van der Waals surface area contributed by atoms with Gasteiger partial charge >= 0.3 is 0 Å². The lowest BCUT2D eigenvalue weighted by atomic mass is 10.1. The molecule has 0 spiro atoms. The maximum atomic E-state index is 12.7. The zero-order chi connectivity index (χ0) is 18.1. The third kappa shape index (κ3) is 3.58. The smallest absolute Gasteiger partial charge is 0.263 e. The molecule has 0 bridgehead atoms. The lowest BCUT2D eigenvalue weighted by molar-refractivity contribution is 0.0944. The van der Waals surface area contributed by atoms with Crippen LogP contribution in [-0.4, -0.2) is 13.0 Å². The molecular weight excluding hydrogens is 401 g/mol. The second-order valence-electron chi connectivity index (χ2n) is 5.45. The van der Waals surface area contributed by atoms with Gasteiger partial charge in [0.25, 0.3) is 5.91 Å². The molecule has 3 rings (SSSR count). The largest absolute Gasteiger partial charge is 0.497 e. The molecule has 7 heteroatoms. The molecule has 3 aromatic rings. The van der Waals surface area contributed by atoms with Gasteiger partial charge in [0.2, 0.25) is 0 Å². The van der Waals surface area contributed by atoms with Crippen molar-refractivity contribution in [1.82, 2.24) is 5.32 Å². The molecule has 130 valence electrons. The standard InChI is InChI=1S/C18H14Cl3NO2S/c1-9(10-4-3-5-11(8-10)24-2)22-18(23)17-14(20)12-6-7-13(19)15(21)16(12)25-17/h3-9H,1-2H3,(H,22,23)/t9-/m0/s1. The topological polar surface area (TPSA) is 38.3 Å². The molecule has 0 unspecified atom stereocenters. The Bertz CT molecular complexity index is 955. The number of rotatable bonds is 4. The Morgan fingerprint density at radius 1 is 1.16 bits per heavy atom. The molecule has 0 aliphatic rings. The Morgan fingerprint density at radius 3 is 2.64 bits per heavy atom. The molecule has 1 atom stereocenters. The summed E-state index contributed by atoms with van der Waals surface area (Å²) in [5.74, 6) is 0.480. The molecule has 0 saturated heterocycles. The number of hydrogen-bond acceptors (Lipinski definition) is 3. The fraction of sp³-hybridized carbons (Fsp3) is 0.167. The minimum atomic E-state index is -0.256. The first-order valence-corrected chi connectivity index (χ1v) is 9.38. The van der Waals surface area contributed by atoms with Gasteiger partial charge in [-0.1, -0.05) is 53.0 Å². The van der Waals surface area contributed by atoms with Gasteiger partial charge in [-0.05, 0) is 30.7 Å². The zero-order valence-corrected chi connectivity index (χ0v) is 16.5. The van der Waals surface area contributed by atoms with Gasteiger partial charge in [-0.15, -0.1) is 11.3 Å². The van der Waals surface area contributed by atoms with E-state index in [0.29, 0.717) is 24.6 Å². The molecule has 1 heterocycles. The summed E-state index contributed by atoms with van der Waals surface area (Å²) < 4.78 is 5.93. The van der Waals surface area contributed by atoms with Gasteiger partial charge in [-0.2, -0.15) is 0 Å². The zero-order valence-electron chi connectivity index (χ0n) is 13.4. The number of hydrogen-bond donors (Lipinski definition) is 1. The van der Waals surface area contributed by atoms with Crippen molar-refractivity contribution in [3.8, 4) is 5.75 Å². The molecular formula is C18H14Cl3NO2S. The van der Waals surface area contributed by atoms with E-state index in [-0.39, 0.29) is 11.9 Å². The highest BCUT2D eigenvalue weighted by atomic mass is 35.5. The molecule has 1 amide bonds. The molecule has 0 saturated carbocycles. The van der Waals surface area contributed by atoms with E-state index in [4.69, 9.17) is 39.5 Å². The summed E-state index contributed by atoms with van der Waals surface area (Å²) in [4.78, 5) is 13.1. The van der Waals surface area contributed by atoms with Gasteiger partial charge in [-0.3, -0.25) is 4.79 Å². The van der Waals surface area contributed by atoms with E-state index < -0.39 is 0 Å². The number of fused-ring (bicyclic) bond motifs is 1. The van der Waals surface area contributed by atoms with Crippen LogP contribution >= 0.6 is 46.1 Å². The first-order valence-electron chi connectivity index (χ1n) is 7.43. The van der Waals surface area contributed by atoms with Crippen molar-refractivity contribution in [3.63, 3.8) is 0 Å². The minimum absolute atomic E-state index is 0.206. The van der Waals surface area contributed by atoms with Crippen molar-refractivity contribution in [2.75, 3.05) is 7.11 Å². The molecule has 3 nitrogen and oxygen atoms in total. The average molecular weight is 415 g/mol. The lowest BCUT2D eigenvalue weighted by Crippen LogP contribution is -2.26. The molecule has 25 heavy (non-hydrogen) atoms. The van der Waals surface area contributed by atoms with E-state index in [1.54, 1.807) is 19.2 Å². The monoisotopic (exact) mass is 413 g/mol. The Labute approximate surface area is 164 Å². The lowest BCUT2D eigenvalue weighted by Gasteiger charge is -2.14. The third-order valence-corrected chi connectivity index (χ3v) is 6.48. The van der Waals surface area contributed by atoms with Crippen molar-refractivity contribution in [3.05, 3.63) is 61.9 Å². The van der Waals surface area contributed by atoms with Crippen LogP contribution in [0, 0.1) is 0 Å². The summed E-state index contributed by atoms with van der Waals surface area (Å²) in [5, 5.41) is 4.90. The van der Waals surface area contributed by atoms with Gasteiger partial charge in [0.15, 0.2) is 0 Å². The van der Waals surface area contributed by atoms with Crippen molar-refractivity contribution >= 4 is 62.1 Å². The first-order chi connectivity index (χ1) is 11.9. The van der Waals surface area contributed by atoms with Crippen LogP contribution in [-0.2, 0) is 0 Å². The predicted octanol–water partition coefficient (Wildman–Crippen LogP) is 6.36. The molecule has 0 aliphatic heterocycles. The van der Waals surface area contributed by atoms with E-state index in [2.05, 4.69) is 5.32 Å². The Balaban J connectivity index is 1.89. The third-order valence-electron chi connectivity index (χ3n) is 3.84. The summed E-state index contributed by atoms with van der Waals surface area (Å²) in [6.45, 7) is 1.90. The van der Waals surface area contributed by atoms with Gasteiger partial charge in [0, 0.05) is 5.39 Å². The van der Waals surface area contributed by atoms with Crippen LogP contribution in [0.15, 0.2) is 36.4 Å². The van der Waals surface area contributed by atoms with Gasteiger partial charge in [0.1, 0.15) is 10.6 Å². The number of amides is 1. The van der Waals surface area contributed by atoms with Crippen molar-refractivity contribution in [2.24, 2.45) is 0 Å². The van der Waals surface area contributed by atoms with Crippen LogP contribution in [0.1, 0.15) is 28.2 Å². The highest BCUT2D eigenvalue weighted by Gasteiger charge is 2.21. The van der Waals surface area contributed by atoms with Crippen LogP contribution < -0.4 is 10.1 Å². The maximum Gasteiger partial charge on any atom is 0.263 e. The molecule has 0 aliphatic carbocycles. The maximum absolute atomic E-state index is 12.7. The Morgan fingerprint density at radius 2 is 1.92 bits per heavy atom. The van der Waals surface area contributed by atoms with Gasteiger partial charge in [-0.25, -0.2) is 0 Å². The summed E-state index contributed by atoms with van der Waals surface area (Å²) in [5.41, 5.74) is 0.936. The second kappa shape index (κ2) is 7.42. The fourth-order valence-corrected chi connectivity index (χ4v) is 4.42. The Kier molecular flexibility index (Phi) is 5.44. The average Bonchev–Trinajstić information content (AvgIpc) is 2.95. The summed E-state index contributed by atoms with van der Waals surface area (Å²) in [7, 11) is 1.61. The van der Waals surface area contributed by atoms with E-state index in [1.165, 1.54) is 11.3 Å². The number of benzene rings is 2. The van der Waals surface area contributed by atoms with Crippen LogP contribution in [0.3, 0.4) is 0 Å². The quantitative estimate of drug-likeness (QED) is 0.539. The van der Waals surface area contributed by atoms with Crippen LogP contribution in [0.5, 0.6) is 5.75 Å². The van der Waals surface area contributed by atoms with Crippen LogP contribution in [0.4, 0.5) is 0 Å². The van der Waals surface area contributed by atoms with Crippen LogP contribution in [0.2, 0.25) is 15.1 Å². The number of carbonyl (C=O) groups excluding carboxylic acids is 1.